The summed E-state index contributed by atoms with van der Waals surface area (Å²) in [5, 5.41) is 2.81. The van der Waals surface area contributed by atoms with Crippen LogP contribution in [0.3, 0.4) is 0 Å². The van der Waals surface area contributed by atoms with Gasteiger partial charge in [0.15, 0.2) is 0 Å². The van der Waals surface area contributed by atoms with Gasteiger partial charge in [-0.1, -0.05) is 0 Å². The molecule has 0 unspecified atom stereocenters. The van der Waals surface area contributed by atoms with Crippen molar-refractivity contribution in [1.29, 1.82) is 0 Å². The first-order valence-electron chi connectivity index (χ1n) is 12.1. The molecule has 0 spiro atoms. The van der Waals surface area contributed by atoms with E-state index in [2.05, 4.69) is 10.3 Å². The fourth-order valence-electron chi connectivity index (χ4n) is 4.70. The molecule has 2 aromatic heterocycles. The highest BCUT2D eigenvalue weighted by molar-refractivity contribution is 5.95. The van der Waals surface area contributed by atoms with Gasteiger partial charge in [-0.25, -0.2) is 18.6 Å². The molecule has 36 heavy (non-hydrogen) atoms. The van der Waals surface area contributed by atoms with Crippen molar-refractivity contribution in [2.24, 2.45) is 0 Å². The maximum atomic E-state index is 15.4. The largest absolute Gasteiger partial charge is 0.453 e. The van der Waals surface area contributed by atoms with Crippen molar-refractivity contribution in [3.8, 4) is 11.3 Å². The smallest absolute Gasteiger partial charge is 0.409 e. The van der Waals surface area contributed by atoms with Crippen LogP contribution in [-0.2, 0) is 15.9 Å². The van der Waals surface area contributed by atoms with Crippen molar-refractivity contribution in [3.05, 3.63) is 58.9 Å². The molecule has 1 aliphatic carbocycles. The first-order valence-corrected chi connectivity index (χ1v) is 12.1. The molecule has 1 atom stereocenters. The first-order chi connectivity index (χ1) is 17.3. The van der Waals surface area contributed by atoms with Gasteiger partial charge >= 0.3 is 6.09 Å². The molecular weight excluding hydrogens is 470 g/mol. The number of hydrogen-bond donors (Lipinski definition) is 1. The normalized spacial score (nSPS) is 18.2. The minimum Gasteiger partial charge on any atom is -0.453 e. The van der Waals surface area contributed by atoms with Gasteiger partial charge in [0.2, 0.25) is 0 Å². The number of aromatic nitrogens is 2. The third-order valence-corrected chi connectivity index (χ3v) is 6.85. The molecule has 190 valence electrons. The standard InChI is InChI=1S/C26H28F2N4O4/c1-15-6-7-32-21(13-18-14-31(8-9-36-18)26(34)35-2)24(30-22(32)10-15)23-19(27)11-16(12-20(23)28)25(33)29-17-4-3-5-17/h6-7,10-12,17-18H,3-5,8-9,13-14H2,1-2H3,(H,29,33)/t18-/m0/s1. The topological polar surface area (TPSA) is 85.2 Å². The molecule has 10 heteroatoms. The summed E-state index contributed by atoms with van der Waals surface area (Å²) in [6.07, 6.45) is 3.96. The van der Waals surface area contributed by atoms with Gasteiger partial charge in [0.05, 0.1) is 43.3 Å². The first kappa shape index (κ1) is 24.2. The molecule has 2 aliphatic rings. The van der Waals surface area contributed by atoms with Crippen LogP contribution in [0.15, 0.2) is 30.5 Å². The molecule has 0 radical (unpaired) electrons. The van der Waals surface area contributed by atoms with Crippen LogP contribution in [0, 0.1) is 18.6 Å². The predicted molar refractivity (Wildman–Crippen MR) is 128 cm³/mol. The Balaban J connectivity index is 1.51. The maximum Gasteiger partial charge on any atom is 0.409 e. The number of halogens is 2. The highest BCUT2D eigenvalue weighted by Gasteiger charge is 2.29. The Morgan fingerprint density at radius 2 is 1.97 bits per heavy atom. The van der Waals surface area contributed by atoms with Crippen LogP contribution in [0.4, 0.5) is 13.6 Å². The third kappa shape index (κ3) is 4.65. The molecule has 1 aliphatic heterocycles. The van der Waals surface area contributed by atoms with Crippen LogP contribution in [0.25, 0.3) is 16.9 Å². The Bertz CT molecular complexity index is 1300. The summed E-state index contributed by atoms with van der Waals surface area (Å²) in [6, 6.07) is 5.87. The summed E-state index contributed by atoms with van der Waals surface area (Å²) in [5.41, 5.74) is 1.80. The average Bonchev–Trinajstić information content (AvgIpc) is 3.17. The fourth-order valence-corrected chi connectivity index (χ4v) is 4.70. The Hall–Kier alpha value is -3.53. The van der Waals surface area contributed by atoms with Gasteiger partial charge in [-0.05, 0) is 56.0 Å². The van der Waals surface area contributed by atoms with Crippen molar-refractivity contribution in [1.82, 2.24) is 19.6 Å². The van der Waals surface area contributed by atoms with Crippen LogP contribution < -0.4 is 5.32 Å². The number of carbonyl (C=O) groups excluding carboxylic acids is 2. The van der Waals surface area contributed by atoms with E-state index in [0.29, 0.717) is 24.5 Å². The number of amides is 2. The number of hydrogen-bond acceptors (Lipinski definition) is 5. The van der Waals surface area contributed by atoms with Crippen molar-refractivity contribution in [2.45, 2.75) is 44.8 Å². The third-order valence-electron chi connectivity index (χ3n) is 6.85. The number of imidazole rings is 1. The number of ether oxygens (including phenoxy) is 2. The molecule has 0 bridgehead atoms. The highest BCUT2D eigenvalue weighted by atomic mass is 19.1. The van der Waals surface area contributed by atoms with Crippen molar-refractivity contribution >= 4 is 17.6 Å². The molecular formula is C26H28F2N4O4. The van der Waals surface area contributed by atoms with E-state index in [1.165, 1.54) is 12.0 Å². The van der Waals surface area contributed by atoms with Gasteiger partial charge in [0, 0.05) is 30.8 Å². The Morgan fingerprint density at radius 1 is 1.22 bits per heavy atom. The van der Waals surface area contributed by atoms with Crippen molar-refractivity contribution < 1.29 is 27.8 Å². The summed E-state index contributed by atoms with van der Waals surface area (Å²) >= 11 is 0. The number of fused-ring (bicyclic) bond motifs is 1. The van der Waals surface area contributed by atoms with Gasteiger partial charge in [-0.3, -0.25) is 4.79 Å². The Labute approximate surface area is 207 Å². The lowest BCUT2D eigenvalue weighted by Gasteiger charge is -2.32. The number of benzene rings is 1. The number of nitrogens with zero attached hydrogens (tertiary/aromatic N) is 3. The van der Waals surface area contributed by atoms with Gasteiger partial charge in [-0.2, -0.15) is 0 Å². The number of aryl methyl sites for hydroxylation is 1. The molecule has 5 rings (SSSR count). The summed E-state index contributed by atoms with van der Waals surface area (Å²) in [7, 11) is 1.32. The van der Waals surface area contributed by atoms with Gasteiger partial charge in [0.1, 0.15) is 17.3 Å². The lowest BCUT2D eigenvalue weighted by molar-refractivity contribution is -0.0241. The Morgan fingerprint density at radius 3 is 2.64 bits per heavy atom. The monoisotopic (exact) mass is 498 g/mol. The maximum absolute atomic E-state index is 15.4. The van der Waals surface area contributed by atoms with E-state index in [-0.39, 0.29) is 35.8 Å². The van der Waals surface area contributed by atoms with E-state index < -0.39 is 29.7 Å². The van der Waals surface area contributed by atoms with Crippen molar-refractivity contribution in [2.75, 3.05) is 26.8 Å². The lowest BCUT2D eigenvalue weighted by atomic mass is 9.93. The zero-order valence-corrected chi connectivity index (χ0v) is 20.2. The molecule has 3 heterocycles. The summed E-state index contributed by atoms with van der Waals surface area (Å²) < 4.78 is 43.3. The molecule has 1 aromatic carbocycles. The van der Waals surface area contributed by atoms with E-state index in [1.807, 2.05) is 19.1 Å². The Kier molecular flexibility index (Phi) is 6.61. The number of nitrogens with one attached hydrogen (secondary N) is 1. The quantitative estimate of drug-likeness (QED) is 0.577. The van der Waals surface area contributed by atoms with Crippen LogP contribution in [0.2, 0.25) is 0 Å². The number of pyridine rings is 1. The number of morpholine rings is 1. The van der Waals surface area contributed by atoms with E-state index in [9.17, 15) is 9.59 Å². The molecule has 1 N–H and O–H groups in total. The van der Waals surface area contributed by atoms with E-state index in [0.717, 1.165) is 37.0 Å². The lowest BCUT2D eigenvalue weighted by Crippen LogP contribution is -2.46. The summed E-state index contributed by atoms with van der Waals surface area (Å²) in [4.78, 5) is 30.6. The minimum absolute atomic E-state index is 0.0524. The number of rotatable bonds is 5. The minimum atomic E-state index is -0.865. The zero-order chi connectivity index (χ0) is 25.4. The molecule has 8 nitrogen and oxygen atoms in total. The number of methoxy groups -OCH3 is 1. The van der Waals surface area contributed by atoms with Crippen molar-refractivity contribution in [3.63, 3.8) is 0 Å². The molecule has 1 saturated heterocycles. The van der Waals surface area contributed by atoms with E-state index in [4.69, 9.17) is 9.47 Å². The molecule has 3 aromatic rings. The summed E-state index contributed by atoms with van der Waals surface area (Å²) in [6.45, 7) is 2.90. The van der Waals surface area contributed by atoms with Gasteiger partial charge < -0.3 is 24.1 Å². The van der Waals surface area contributed by atoms with Crippen LogP contribution in [-0.4, -0.2) is 65.2 Å². The average molecular weight is 499 g/mol. The summed E-state index contributed by atoms with van der Waals surface area (Å²) in [5.74, 6) is -2.22. The van der Waals surface area contributed by atoms with Gasteiger partial charge in [-0.15, -0.1) is 0 Å². The predicted octanol–water partition coefficient (Wildman–Crippen LogP) is 3.88. The second-order valence-corrected chi connectivity index (χ2v) is 9.37. The van der Waals surface area contributed by atoms with Crippen LogP contribution >= 0.6 is 0 Å². The van der Waals surface area contributed by atoms with Crippen LogP contribution in [0.1, 0.15) is 40.9 Å². The molecule has 2 fully saturated rings. The zero-order valence-electron chi connectivity index (χ0n) is 20.2. The number of carbonyl (C=O) groups is 2. The second kappa shape index (κ2) is 9.85. The van der Waals surface area contributed by atoms with E-state index >= 15 is 8.78 Å². The van der Waals surface area contributed by atoms with Gasteiger partial charge in [0.25, 0.3) is 5.91 Å². The molecule has 2 amide bonds. The van der Waals surface area contributed by atoms with Crippen LogP contribution in [0.5, 0.6) is 0 Å². The molecule has 1 saturated carbocycles. The second-order valence-electron chi connectivity index (χ2n) is 9.37. The highest BCUT2D eigenvalue weighted by Crippen LogP contribution is 2.32. The fraction of sp³-hybridized carbons (Fsp3) is 0.423. The SMILES string of the molecule is COC(=O)N1CCO[C@@H](Cc2c(-c3c(F)cc(C(=O)NC4CCC4)cc3F)nc3cc(C)ccn23)C1. The van der Waals surface area contributed by atoms with E-state index in [1.54, 1.807) is 10.6 Å².